The van der Waals surface area contributed by atoms with Gasteiger partial charge >= 0.3 is 0 Å². The van der Waals surface area contributed by atoms with E-state index in [0.29, 0.717) is 5.75 Å². The first-order chi connectivity index (χ1) is 7.62. The highest BCUT2D eigenvalue weighted by Gasteiger charge is 2.46. The minimum atomic E-state index is -0.113. The zero-order valence-electron chi connectivity index (χ0n) is 9.86. The van der Waals surface area contributed by atoms with E-state index in [2.05, 4.69) is 6.92 Å². The van der Waals surface area contributed by atoms with Crippen molar-refractivity contribution in [2.45, 2.75) is 37.6 Å². The summed E-state index contributed by atoms with van der Waals surface area (Å²) in [6.07, 6.45) is 3.03. The minimum Gasteiger partial charge on any atom is -0.504 e. The first-order valence-corrected chi connectivity index (χ1v) is 5.77. The fraction of sp³-hybridized carbons (Fsp3) is 0.538. The number of phenols is 1. The summed E-state index contributed by atoms with van der Waals surface area (Å²) in [6.45, 7) is 2.11. The molecule has 0 aromatic heterocycles. The minimum absolute atomic E-state index is 0.113. The van der Waals surface area contributed by atoms with E-state index in [-0.39, 0.29) is 17.2 Å². The van der Waals surface area contributed by atoms with Gasteiger partial charge in [0.2, 0.25) is 0 Å². The molecule has 0 aliphatic heterocycles. The Labute approximate surface area is 96.2 Å². The normalized spacial score (nSPS) is 19.2. The van der Waals surface area contributed by atoms with Crippen molar-refractivity contribution in [3.8, 4) is 11.5 Å². The van der Waals surface area contributed by atoms with Crippen molar-refractivity contribution < 1.29 is 9.84 Å². The summed E-state index contributed by atoms with van der Waals surface area (Å²) in [5.74, 6) is 0.997. The molecule has 1 saturated carbocycles. The van der Waals surface area contributed by atoms with Crippen molar-refractivity contribution in [1.29, 1.82) is 0 Å². The van der Waals surface area contributed by atoms with Gasteiger partial charge in [0.15, 0.2) is 11.5 Å². The number of benzene rings is 1. The Morgan fingerprint density at radius 1 is 1.50 bits per heavy atom. The summed E-state index contributed by atoms with van der Waals surface area (Å²) in [6, 6.07) is 5.61. The van der Waals surface area contributed by atoms with Crippen LogP contribution in [-0.2, 0) is 0 Å². The molecular weight excluding hydrogens is 202 g/mol. The lowest BCUT2D eigenvalue weighted by Gasteiger charge is -2.23. The quantitative estimate of drug-likeness (QED) is 0.820. The number of phenolic OH excluding ortho intramolecular Hbond substituents is 1. The van der Waals surface area contributed by atoms with Gasteiger partial charge in [-0.3, -0.25) is 0 Å². The molecule has 3 nitrogen and oxygen atoms in total. The fourth-order valence-corrected chi connectivity index (χ4v) is 2.41. The Morgan fingerprint density at radius 2 is 2.19 bits per heavy atom. The van der Waals surface area contributed by atoms with Gasteiger partial charge in [0, 0.05) is 17.0 Å². The lowest BCUT2D eigenvalue weighted by Crippen LogP contribution is -2.30. The molecule has 1 aromatic rings. The molecule has 1 unspecified atom stereocenters. The van der Waals surface area contributed by atoms with Gasteiger partial charge in [-0.2, -0.15) is 0 Å². The summed E-state index contributed by atoms with van der Waals surface area (Å²) in [4.78, 5) is 0. The predicted molar refractivity (Wildman–Crippen MR) is 63.8 cm³/mol. The monoisotopic (exact) mass is 221 g/mol. The maximum absolute atomic E-state index is 10.1. The summed E-state index contributed by atoms with van der Waals surface area (Å²) >= 11 is 0. The van der Waals surface area contributed by atoms with Crippen LogP contribution in [0.2, 0.25) is 0 Å². The highest BCUT2D eigenvalue weighted by atomic mass is 16.5. The molecule has 16 heavy (non-hydrogen) atoms. The van der Waals surface area contributed by atoms with Gasteiger partial charge in [0.25, 0.3) is 0 Å². The van der Waals surface area contributed by atoms with Crippen LogP contribution >= 0.6 is 0 Å². The van der Waals surface area contributed by atoms with Crippen molar-refractivity contribution in [3.63, 3.8) is 0 Å². The first kappa shape index (κ1) is 11.3. The first-order valence-electron chi connectivity index (χ1n) is 5.77. The van der Waals surface area contributed by atoms with Gasteiger partial charge in [-0.25, -0.2) is 0 Å². The summed E-state index contributed by atoms with van der Waals surface area (Å²) in [5.41, 5.74) is 7.05. The number of para-hydroxylation sites is 1. The second-order valence-corrected chi connectivity index (χ2v) is 4.59. The molecule has 0 heterocycles. The number of aromatic hydroxyl groups is 1. The average molecular weight is 221 g/mol. The van der Waals surface area contributed by atoms with Gasteiger partial charge in [0.05, 0.1) is 7.11 Å². The molecule has 1 fully saturated rings. The van der Waals surface area contributed by atoms with Gasteiger partial charge in [0.1, 0.15) is 0 Å². The van der Waals surface area contributed by atoms with E-state index in [1.807, 2.05) is 12.1 Å². The molecule has 2 rings (SSSR count). The predicted octanol–water partition coefficient (Wildman–Crippen LogP) is 2.39. The van der Waals surface area contributed by atoms with E-state index in [0.717, 1.165) is 24.8 Å². The SMILES string of the molecule is CCC(c1cccc(OC)c1O)C1(N)CC1. The average Bonchev–Trinajstić information content (AvgIpc) is 3.01. The number of hydrogen-bond donors (Lipinski definition) is 2. The Kier molecular flexibility index (Phi) is 2.80. The van der Waals surface area contributed by atoms with Crippen LogP contribution in [0.5, 0.6) is 11.5 Å². The molecule has 1 atom stereocenters. The maximum atomic E-state index is 10.1. The number of rotatable bonds is 4. The highest BCUT2D eigenvalue weighted by molar-refractivity contribution is 5.48. The molecule has 3 N–H and O–H groups in total. The van der Waals surface area contributed by atoms with E-state index < -0.39 is 0 Å². The van der Waals surface area contributed by atoms with Crippen LogP contribution in [0.3, 0.4) is 0 Å². The fourth-order valence-electron chi connectivity index (χ4n) is 2.41. The molecule has 1 aromatic carbocycles. The lowest BCUT2D eigenvalue weighted by atomic mass is 9.87. The van der Waals surface area contributed by atoms with E-state index in [9.17, 15) is 5.11 Å². The topological polar surface area (TPSA) is 55.5 Å². The smallest absolute Gasteiger partial charge is 0.161 e. The van der Waals surface area contributed by atoms with E-state index >= 15 is 0 Å². The van der Waals surface area contributed by atoms with Crippen molar-refractivity contribution >= 4 is 0 Å². The van der Waals surface area contributed by atoms with Gasteiger partial charge < -0.3 is 15.6 Å². The number of nitrogens with two attached hydrogens (primary N) is 1. The summed E-state index contributed by atoms with van der Waals surface area (Å²) < 4.78 is 5.12. The largest absolute Gasteiger partial charge is 0.504 e. The number of methoxy groups -OCH3 is 1. The molecule has 1 aliphatic carbocycles. The third-order valence-corrected chi connectivity index (χ3v) is 3.56. The van der Waals surface area contributed by atoms with Crippen LogP contribution in [-0.4, -0.2) is 17.8 Å². The van der Waals surface area contributed by atoms with Crippen LogP contribution in [0, 0.1) is 0 Å². The zero-order valence-corrected chi connectivity index (χ0v) is 9.86. The van der Waals surface area contributed by atoms with E-state index in [4.69, 9.17) is 10.5 Å². The van der Waals surface area contributed by atoms with E-state index in [1.54, 1.807) is 13.2 Å². The molecule has 0 spiro atoms. The Hall–Kier alpha value is -1.22. The third-order valence-electron chi connectivity index (χ3n) is 3.56. The molecular formula is C13H19NO2. The molecule has 88 valence electrons. The second-order valence-electron chi connectivity index (χ2n) is 4.59. The standard InChI is InChI=1S/C13H19NO2/c1-3-10(13(14)7-8-13)9-5-4-6-11(16-2)12(9)15/h4-6,10,15H,3,7-8,14H2,1-2H3. The van der Waals surface area contributed by atoms with Crippen LogP contribution in [0.1, 0.15) is 37.7 Å². The van der Waals surface area contributed by atoms with Crippen molar-refractivity contribution in [2.24, 2.45) is 5.73 Å². The molecule has 1 aliphatic rings. The Bertz CT molecular complexity index is 386. The Morgan fingerprint density at radius 3 is 2.69 bits per heavy atom. The summed E-state index contributed by atoms with van der Waals surface area (Å²) in [7, 11) is 1.56. The van der Waals surface area contributed by atoms with Crippen LogP contribution in [0.25, 0.3) is 0 Å². The van der Waals surface area contributed by atoms with Crippen molar-refractivity contribution in [2.75, 3.05) is 7.11 Å². The van der Waals surface area contributed by atoms with Gasteiger partial charge in [-0.1, -0.05) is 19.1 Å². The molecule has 3 heteroatoms. The number of ether oxygens (including phenoxy) is 1. The number of hydrogen-bond acceptors (Lipinski definition) is 3. The van der Waals surface area contributed by atoms with Crippen LogP contribution < -0.4 is 10.5 Å². The van der Waals surface area contributed by atoms with E-state index in [1.165, 1.54) is 0 Å². The molecule has 0 radical (unpaired) electrons. The van der Waals surface area contributed by atoms with Crippen molar-refractivity contribution in [1.82, 2.24) is 0 Å². The van der Waals surface area contributed by atoms with Gasteiger partial charge in [-0.05, 0) is 25.3 Å². The van der Waals surface area contributed by atoms with Crippen molar-refractivity contribution in [3.05, 3.63) is 23.8 Å². The zero-order chi connectivity index (χ0) is 11.8. The molecule has 0 amide bonds. The lowest BCUT2D eigenvalue weighted by molar-refractivity contribution is 0.364. The Balaban J connectivity index is 2.38. The summed E-state index contributed by atoms with van der Waals surface area (Å²) in [5, 5.41) is 10.1. The van der Waals surface area contributed by atoms with Crippen LogP contribution in [0.15, 0.2) is 18.2 Å². The molecule has 0 bridgehead atoms. The van der Waals surface area contributed by atoms with Crippen LogP contribution in [0.4, 0.5) is 0 Å². The highest BCUT2D eigenvalue weighted by Crippen LogP contribution is 2.50. The second kappa shape index (κ2) is 3.98. The third kappa shape index (κ3) is 1.76. The molecule has 0 saturated heterocycles. The maximum Gasteiger partial charge on any atom is 0.161 e. The van der Waals surface area contributed by atoms with Gasteiger partial charge in [-0.15, -0.1) is 0 Å².